The van der Waals surface area contributed by atoms with Crippen molar-refractivity contribution in [2.45, 2.75) is 19.8 Å². The van der Waals surface area contributed by atoms with E-state index in [1.54, 1.807) is 0 Å². The second-order valence-electron chi connectivity index (χ2n) is 2.27. The third-order valence-electron chi connectivity index (χ3n) is 1.17. The molecule has 0 aliphatic heterocycles. The molecule has 0 atom stereocenters. The van der Waals surface area contributed by atoms with Gasteiger partial charge in [0.15, 0.2) is 0 Å². The summed E-state index contributed by atoms with van der Waals surface area (Å²) in [5, 5.41) is 0. The molecule has 0 aromatic rings. The number of alkyl halides is 1. The number of halogens is 1. The molecule has 0 bridgehead atoms. The molecule has 0 nitrogen and oxygen atoms in total. The number of hydrogen-bond acceptors (Lipinski definition) is 0. The molecule has 2 aliphatic rings. The summed E-state index contributed by atoms with van der Waals surface area (Å²) in [6, 6.07) is 0. The molecule has 74 valence electrons. The Morgan fingerprint density at radius 2 is 1.43 bits per heavy atom. The van der Waals surface area contributed by atoms with Gasteiger partial charge >= 0.3 is 21.7 Å². The van der Waals surface area contributed by atoms with Crippen LogP contribution in [0.1, 0.15) is 19.8 Å². The van der Waals surface area contributed by atoms with Crippen LogP contribution in [0.2, 0.25) is 0 Å². The molecule has 0 fully saturated rings. The van der Waals surface area contributed by atoms with Crippen molar-refractivity contribution in [3.8, 4) is 0 Å². The van der Waals surface area contributed by atoms with Gasteiger partial charge in [0.05, 0.1) is 0 Å². The molecular weight excluding hydrogens is 319 g/mol. The van der Waals surface area contributed by atoms with Crippen molar-refractivity contribution in [2.75, 3.05) is 4.43 Å². The van der Waals surface area contributed by atoms with Crippen LogP contribution in [0.3, 0.4) is 0 Å². The third kappa shape index (κ3) is 14.9. The molecular formula is C12H15ITi. The quantitative estimate of drug-likeness (QED) is 0.271. The molecule has 0 heterocycles. The molecule has 0 amide bonds. The van der Waals surface area contributed by atoms with E-state index in [4.69, 9.17) is 0 Å². The molecule has 0 saturated heterocycles. The topological polar surface area (TPSA) is 0 Å². The molecule has 0 aromatic heterocycles. The zero-order valence-corrected chi connectivity index (χ0v) is 12.2. The summed E-state index contributed by atoms with van der Waals surface area (Å²) in [7, 11) is 0. The van der Waals surface area contributed by atoms with Crippen LogP contribution in [0, 0.1) is 12.2 Å². The van der Waals surface area contributed by atoms with Gasteiger partial charge in [0.25, 0.3) is 0 Å². The summed E-state index contributed by atoms with van der Waals surface area (Å²) in [6.07, 6.45) is 20.0. The molecule has 2 aliphatic carbocycles. The van der Waals surface area contributed by atoms with Gasteiger partial charge in [-0.05, 0) is 4.43 Å². The minimum Gasteiger partial charge on any atom is -0.273 e. The summed E-state index contributed by atoms with van der Waals surface area (Å²) in [5.74, 6) is 0. The molecule has 0 saturated carbocycles. The van der Waals surface area contributed by atoms with E-state index in [-0.39, 0.29) is 21.7 Å². The summed E-state index contributed by atoms with van der Waals surface area (Å²) >= 11 is 2.29. The SMILES string of the molecule is CCI.[C-]1=CC=CC1.[C-]1=CC=CC1.[Ti+2]. The third-order valence-corrected chi connectivity index (χ3v) is 1.17. The van der Waals surface area contributed by atoms with Crippen molar-refractivity contribution in [2.24, 2.45) is 0 Å². The summed E-state index contributed by atoms with van der Waals surface area (Å²) in [4.78, 5) is 0. The van der Waals surface area contributed by atoms with E-state index >= 15 is 0 Å². The smallest absolute Gasteiger partial charge is 0.273 e. The first kappa shape index (κ1) is 16.8. The second-order valence-corrected chi connectivity index (χ2v) is 3.80. The van der Waals surface area contributed by atoms with Gasteiger partial charge in [-0.2, -0.15) is 12.2 Å². The van der Waals surface area contributed by atoms with Crippen LogP contribution in [0.4, 0.5) is 0 Å². The van der Waals surface area contributed by atoms with Crippen molar-refractivity contribution in [3.63, 3.8) is 0 Å². The van der Waals surface area contributed by atoms with Gasteiger partial charge in [-0.15, -0.1) is 12.8 Å². The molecule has 0 radical (unpaired) electrons. The fourth-order valence-corrected chi connectivity index (χ4v) is 0.680. The van der Waals surface area contributed by atoms with Gasteiger partial charge in [0, 0.05) is 0 Å². The largest absolute Gasteiger partial charge is 2.00 e. The van der Waals surface area contributed by atoms with Crippen LogP contribution in [0.25, 0.3) is 0 Å². The van der Waals surface area contributed by atoms with Crippen LogP contribution >= 0.6 is 22.6 Å². The predicted molar refractivity (Wildman–Crippen MR) is 67.7 cm³/mol. The Hall–Kier alpha value is 0.404. The van der Waals surface area contributed by atoms with Gasteiger partial charge in [0.1, 0.15) is 0 Å². The van der Waals surface area contributed by atoms with Crippen LogP contribution in [-0.4, -0.2) is 4.43 Å². The zero-order chi connectivity index (χ0) is 9.78. The van der Waals surface area contributed by atoms with Gasteiger partial charge in [0.2, 0.25) is 0 Å². The molecule has 14 heavy (non-hydrogen) atoms. The van der Waals surface area contributed by atoms with E-state index in [0.29, 0.717) is 0 Å². The maximum atomic E-state index is 2.99. The van der Waals surface area contributed by atoms with Crippen molar-refractivity contribution < 1.29 is 21.7 Å². The maximum Gasteiger partial charge on any atom is 2.00 e. The fourth-order valence-electron chi connectivity index (χ4n) is 0.680. The normalized spacial score (nSPS) is 13.9. The second kappa shape index (κ2) is 15.9. The average molecular weight is 334 g/mol. The first-order valence-electron chi connectivity index (χ1n) is 4.41. The summed E-state index contributed by atoms with van der Waals surface area (Å²) in [6.45, 7) is 2.11. The van der Waals surface area contributed by atoms with E-state index in [2.05, 4.69) is 53.8 Å². The summed E-state index contributed by atoms with van der Waals surface area (Å²) in [5.41, 5.74) is 0. The van der Waals surface area contributed by atoms with Crippen molar-refractivity contribution in [1.82, 2.24) is 0 Å². The van der Waals surface area contributed by atoms with Crippen LogP contribution in [0.15, 0.2) is 36.5 Å². The Balaban J connectivity index is 0. The molecule has 0 aromatic carbocycles. The summed E-state index contributed by atoms with van der Waals surface area (Å²) < 4.78 is 1.22. The van der Waals surface area contributed by atoms with E-state index in [0.717, 1.165) is 12.8 Å². The van der Waals surface area contributed by atoms with Crippen LogP contribution < -0.4 is 0 Å². The van der Waals surface area contributed by atoms with Gasteiger partial charge in [-0.3, -0.25) is 12.2 Å². The molecule has 0 unspecified atom stereocenters. The van der Waals surface area contributed by atoms with E-state index in [1.807, 2.05) is 24.3 Å². The molecule has 0 N–H and O–H groups in total. The van der Waals surface area contributed by atoms with E-state index in [1.165, 1.54) is 4.43 Å². The minimum absolute atomic E-state index is 0. The van der Waals surface area contributed by atoms with Crippen molar-refractivity contribution in [1.29, 1.82) is 0 Å². The van der Waals surface area contributed by atoms with Gasteiger partial charge in [-0.1, -0.05) is 29.5 Å². The molecule has 2 heteroatoms. The Kier molecular flexibility index (Phi) is 19.1. The van der Waals surface area contributed by atoms with Crippen molar-refractivity contribution in [3.05, 3.63) is 48.6 Å². The first-order valence-corrected chi connectivity index (χ1v) is 5.93. The van der Waals surface area contributed by atoms with Gasteiger partial charge in [-0.25, -0.2) is 24.3 Å². The standard InChI is InChI=1S/2C5H5.C2H5I.Ti/c2*1-2-4-5-3-1;1-2-3;/h2*1-3H,4H2;2H2,1H3;/q2*-1;;+2. The van der Waals surface area contributed by atoms with Gasteiger partial charge < -0.3 is 0 Å². The van der Waals surface area contributed by atoms with E-state index in [9.17, 15) is 0 Å². The molecule has 0 spiro atoms. The fraction of sp³-hybridized carbons (Fsp3) is 0.333. The molecule has 2 rings (SSSR count). The van der Waals surface area contributed by atoms with Crippen molar-refractivity contribution >= 4 is 22.6 Å². The zero-order valence-electron chi connectivity index (χ0n) is 8.46. The van der Waals surface area contributed by atoms with Crippen LogP contribution in [0.5, 0.6) is 0 Å². The maximum absolute atomic E-state index is 2.99. The Morgan fingerprint density at radius 3 is 1.50 bits per heavy atom. The number of allylic oxidation sites excluding steroid dienone is 8. The van der Waals surface area contributed by atoms with Crippen LogP contribution in [-0.2, 0) is 21.7 Å². The monoisotopic (exact) mass is 334 g/mol. The number of rotatable bonds is 0. The first-order chi connectivity index (χ1) is 6.41. The average Bonchev–Trinajstić information content (AvgIpc) is 2.85. The van der Waals surface area contributed by atoms with E-state index < -0.39 is 0 Å². The Bertz CT molecular complexity index is 160. The Morgan fingerprint density at radius 1 is 1.07 bits per heavy atom. The minimum atomic E-state index is 0. The number of hydrogen-bond donors (Lipinski definition) is 0. The Labute approximate surface area is 116 Å². The predicted octanol–water partition coefficient (Wildman–Crippen LogP) is 4.05.